The van der Waals surface area contributed by atoms with Gasteiger partial charge in [0.1, 0.15) is 5.76 Å². The van der Waals surface area contributed by atoms with Gasteiger partial charge in [-0.15, -0.1) is 0 Å². The van der Waals surface area contributed by atoms with Crippen molar-refractivity contribution in [3.05, 3.63) is 45.8 Å². The van der Waals surface area contributed by atoms with Gasteiger partial charge in [-0.05, 0) is 46.3 Å². The molecule has 0 saturated heterocycles. The van der Waals surface area contributed by atoms with Crippen LogP contribution in [0.3, 0.4) is 0 Å². The van der Waals surface area contributed by atoms with Crippen LogP contribution < -0.4 is 10.0 Å². The highest BCUT2D eigenvalue weighted by Gasteiger charge is 2.07. The molecule has 1 aromatic heterocycles. The Bertz CT molecular complexity index is 715. The summed E-state index contributed by atoms with van der Waals surface area (Å²) >= 11 is 9.25. The molecule has 0 bridgehead atoms. The molecule has 0 aliphatic rings. The van der Waals surface area contributed by atoms with Crippen LogP contribution in [0.2, 0.25) is 5.02 Å². The van der Waals surface area contributed by atoms with Crippen molar-refractivity contribution in [3.63, 3.8) is 0 Å². The van der Waals surface area contributed by atoms with Crippen molar-refractivity contribution in [1.82, 2.24) is 0 Å². The fraction of sp³-hybridized carbons (Fsp3) is 0.167. The zero-order chi connectivity index (χ0) is 14.8. The Morgan fingerprint density at radius 3 is 2.60 bits per heavy atom. The monoisotopic (exact) mass is 378 g/mol. The topological polar surface area (TPSA) is 71.3 Å². The second kappa shape index (κ2) is 6.07. The molecule has 2 aromatic rings. The first-order valence-corrected chi connectivity index (χ1v) is 8.65. The maximum atomic E-state index is 11.1. The second-order valence-electron chi connectivity index (χ2n) is 4.13. The predicted octanol–water partition coefficient (Wildman–Crippen LogP) is 3.68. The summed E-state index contributed by atoms with van der Waals surface area (Å²) in [5.74, 6) is 0.770. The molecule has 2 rings (SSSR count). The van der Waals surface area contributed by atoms with Crippen LogP contribution in [0.5, 0.6) is 0 Å². The molecule has 1 aromatic carbocycles. The van der Waals surface area contributed by atoms with E-state index < -0.39 is 10.0 Å². The van der Waals surface area contributed by atoms with E-state index in [0.717, 1.165) is 17.7 Å². The summed E-state index contributed by atoms with van der Waals surface area (Å²) in [4.78, 5) is 0. The molecular formula is C12H12BrClN2O3S. The van der Waals surface area contributed by atoms with Gasteiger partial charge in [0, 0.05) is 5.69 Å². The first kappa shape index (κ1) is 15.2. The Balaban J connectivity index is 2.05. The molecule has 0 fully saturated rings. The molecule has 0 aliphatic heterocycles. The number of hydrogen-bond donors (Lipinski definition) is 2. The third-order valence-corrected chi connectivity index (χ3v) is 3.69. The summed E-state index contributed by atoms with van der Waals surface area (Å²) in [5.41, 5.74) is 1.11. The number of rotatable bonds is 5. The normalized spacial score (nSPS) is 11.3. The van der Waals surface area contributed by atoms with E-state index >= 15 is 0 Å². The van der Waals surface area contributed by atoms with Crippen molar-refractivity contribution in [2.24, 2.45) is 0 Å². The van der Waals surface area contributed by atoms with Crippen LogP contribution in [0.25, 0.3) is 0 Å². The Labute approximate surface area is 130 Å². The third-order valence-electron chi connectivity index (χ3n) is 2.36. The Morgan fingerprint density at radius 2 is 2.05 bits per heavy atom. The van der Waals surface area contributed by atoms with Gasteiger partial charge in [-0.1, -0.05) is 11.6 Å². The summed E-state index contributed by atoms with van der Waals surface area (Å²) in [6.45, 7) is 0.501. The number of hydrogen-bond acceptors (Lipinski definition) is 4. The zero-order valence-corrected chi connectivity index (χ0v) is 13.6. The molecule has 108 valence electrons. The molecule has 0 spiro atoms. The number of benzene rings is 1. The van der Waals surface area contributed by atoms with Crippen molar-refractivity contribution in [2.75, 3.05) is 16.3 Å². The summed E-state index contributed by atoms with van der Waals surface area (Å²) in [6.07, 6.45) is 1.07. The number of sulfonamides is 1. The van der Waals surface area contributed by atoms with Crippen molar-refractivity contribution < 1.29 is 12.8 Å². The van der Waals surface area contributed by atoms with E-state index in [-0.39, 0.29) is 0 Å². The molecule has 0 atom stereocenters. The summed E-state index contributed by atoms with van der Waals surface area (Å²) in [6, 6.07) is 8.63. The van der Waals surface area contributed by atoms with Gasteiger partial charge >= 0.3 is 0 Å². The number of furan rings is 1. The Morgan fingerprint density at radius 1 is 1.30 bits per heavy atom. The predicted molar refractivity (Wildman–Crippen MR) is 83.7 cm³/mol. The third kappa shape index (κ3) is 4.43. The van der Waals surface area contributed by atoms with Gasteiger partial charge in [-0.25, -0.2) is 8.42 Å². The van der Waals surface area contributed by atoms with Crippen LogP contribution in [0.4, 0.5) is 11.4 Å². The van der Waals surface area contributed by atoms with Crippen LogP contribution in [0.1, 0.15) is 5.76 Å². The lowest BCUT2D eigenvalue weighted by Crippen LogP contribution is -2.10. The first-order valence-electron chi connectivity index (χ1n) is 5.59. The number of anilines is 2. The molecule has 0 amide bonds. The lowest BCUT2D eigenvalue weighted by atomic mass is 10.3. The fourth-order valence-corrected chi connectivity index (χ4v) is 2.74. The van der Waals surface area contributed by atoms with E-state index in [0.29, 0.717) is 21.9 Å². The van der Waals surface area contributed by atoms with Crippen LogP contribution in [0, 0.1) is 0 Å². The van der Waals surface area contributed by atoms with Crippen LogP contribution in [0.15, 0.2) is 39.4 Å². The largest absolute Gasteiger partial charge is 0.452 e. The fourth-order valence-electron chi connectivity index (χ4n) is 1.54. The highest BCUT2D eigenvalue weighted by atomic mass is 79.9. The lowest BCUT2D eigenvalue weighted by molar-refractivity contribution is 0.495. The van der Waals surface area contributed by atoms with E-state index in [9.17, 15) is 8.42 Å². The van der Waals surface area contributed by atoms with E-state index in [1.54, 1.807) is 18.2 Å². The van der Waals surface area contributed by atoms with Crippen LogP contribution >= 0.6 is 27.5 Å². The van der Waals surface area contributed by atoms with Crippen LogP contribution in [-0.2, 0) is 16.6 Å². The highest BCUT2D eigenvalue weighted by molar-refractivity contribution is 9.10. The van der Waals surface area contributed by atoms with Gasteiger partial charge in [0.2, 0.25) is 10.0 Å². The molecule has 0 radical (unpaired) electrons. The average molecular weight is 380 g/mol. The molecule has 1 heterocycles. The van der Waals surface area contributed by atoms with Gasteiger partial charge in [0.15, 0.2) is 4.67 Å². The minimum Gasteiger partial charge on any atom is -0.452 e. The highest BCUT2D eigenvalue weighted by Crippen LogP contribution is 2.26. The standard InChI is InChI=1S/C12H12BrClN2O3S/c1-20(17,18)16-11-4-2-8(6-10(11)14)15-7-9-3-5-12(13)19-9/h2-6,15-16H,7H2,1H3. The van der Waals surface area contributed by atoms with Gasteiger partial charge in [0.05, 0.1) is 23.5 Å². The molecule has 2 N–H and O–H groups in total. The lowest BCUT2D eigenvalue weighted by Gasteiger charge is -2.09. The van der Waals surface area contributed by atoms with Crippen molar-refractivity contribution in [3.8, 4) is 0 Å². The van der Waals surface area contributed by atoms with E-state index in [1.807, 2.05) is 12.1 Å². The van der Waals surface area contributed by atoms with E-state index in [4.69, 9.17) is 16.0 Å². The Hall–Kier alpha value is -1.18. The van der Waals surface area contributed by atoms with Gasteiger partial charge in [0.25, 0.3) is 0 Å². The van der Waals surface area contributed by atoms with E-state index in [2.05, 4.69) is 26.0 Å². The average Bonchev–Trinajstić information content (AvgIpc) is 2.74. The minimum absolute atomic E-state index is 0.320. The van der Waals surface area contributed by atoms with Gasteiger partial charge in [-0.3, -0.25) is 4.72 Å². The molecule has 0 saturated carbocycles. The summed E-state index contributed by atoms with van der Waals surface area (Å²) in [7, 11) is -3.34. The first-order chi connectivity index (χ1) is 9.33. The maximum Gasteiger partial charge on any atom is 0.229 e. The van der Waals surface area contributed by atoms with Gasteiger partial charge in [-0.2, -0.15) is 0 Å². The quantitative estimate of drug-likeness (QED) is 0.831. The van der Waals surface area contributed by atoms with Crippen molar-refractivity contribution in [1.29, 1.82) is 0 Å². The number of halogens is 2. The van der Waals surface area contributed by atoms with Crippen molar-refractivity contribution in [2.45, 2.75) is 6.54 Å². The van der Waals surface area contributed by atoms with Crippen LogP contribution in [-0.4, -0.2) is 14.7 Å². The zero-order valence-electron chi connectivity index (χ0n) is 10.5. The molecule has 5 nitrogen and oxygen atoms in total. The number of nitrogens with one attached hydrogen (secondary N) is 2. The van der Waals surface area contributed by atoms with Crippen molar-refractivity contribution >= 4 is 48.9 Å². The summed E-state index contributed by atoms with van der Waals surface area (Å²) in [5, 5.41) is 3.45. The minimum atomic E-state index is -3.34. The molecule has 0 unspecified atom stereocenters. The molecule has 20 heavy (non-hydrogen) atoms. The Kier molecular flexibility index (Phi) is 4.62. The van der Waals surface area contributed by atoms with Gasteiger partial charge < -0.3 is 9.73 Å². The molecule has 0 aliphatic carbocycles. The summed E-state index contributed by atoms with van der Waals surface area (Å²) < 4.78 is 30.7. The van der Waals surface area contributed by atoms with E-state index in [1.165, 1.54) is 0 Å². The second-order valence-corrected chi connectivity index (χ2v) is 7.07. The molecular weight excluding hydrogens is 368 g/mol. The smallest absolute Gasteiger partial charge is 0.229 e. The maximum absolute atomic E-state index is 11.1. The SMILES string of the molecule is CS(=O)(=O)Nc1ccc(NCc2ccc(Br)o2)cc1Cl. The molecule has 8 heteroatoms.